The first-order chi connectivity index (χ1) is 8.72. The third kappa shape index (κ3) is 3.15. The van der Waals surface area contributed by atoms with E-state index in [0.29, 0.717) is 11.7 Å². The van der Waals surface area contributed by atoms with Crippen molar-refractivity contribution in [3.63, 3.8) is 0 Å². The van der Waals surface area contributed by atoms with Crippen molar-refractivity contribution in [1.29, 1.82) is 0 Å². The standard InChI is InChI=1S/C14H21NO3/c1-18-13-2-3-14(17)12(8-13)9-15-6-4-11(10-16)5-7-15/h2-3,8,11,16-17H,4-7,9-10H2,1H3. The normalized spacial score (nSPS) is 17.9. The van der Waals surface area contributed by atoms with Gasteiger partial charge in [0.2, 0.25) is 0 Å². The lowest BCUT2D eigenvalue weighted by Gasteiger charge is -2.31. The molecular weight excluding hydrogens is 230 g/mol. The number of benzene rings is 1. The molecule has 0 saturated carbocycles. The Morgan fingerprint density at radius 1 is 1.33 bits per heavy atom. The highest BCUT2D eigenvalue weighted by Gasteiger charge is 2.19. The third-order valence-electron chi connectivity index (χ3n) is 3.65. The molecule has 2 N–H and O–H groups in total. The minimum Gasteiger partial charge on any atom is -0.508 e. The van der Waals surface area contributed by atoms with E-state index in [2.05, 4.69) is 4.90 Å². The van der Waals surface area contributed by atoms with Crippen LogP contribution in [0.25, 0.3) is 0 Å². The lowest BCUT2D eigenvalue weighted by atomic mass is 9.97. The number of phenols is 1. The molecule has 4 heteroatoms. The van der Waals surface area contributed by atoms with Crippen LogP contribution in [0.4, 0.5) is 0 Å². The second-order valence-electron chi connectivity index (χ2n) is 4.90. The molecular formula is C14H21NO3. The Balaban J connectivity index is 1.97. The van der Waals surface area contributed by atoms with E-state index >= 15 is 0 Å². The molecule has 0 aromatic heterocycles. The summed E-state index contributed by atoms with van der Waals surface area (Å²) in [6, 6.07) is 5.32. The van der Waals surface area contributed by atoms with Gasteiger partial charge in [0.15, 0.2) is 0 Å². The van der Waals surface area contributed by atoms with E-state index in [1.54, 1.807) is 19.2 Å². The van der Waals surface area contributed by atoms with Gasteiger partial charge in [0.25, 0.3) is 0 Å². The monoisotopic (exact) mass is 251 g/mol. The van der Waals surface area contributed by atoms with Gasteiger partial charge in [0, 0.05) is 18.7 Å². The average molecular weight is 251 g/mol. The van der Waals surface area contributed by atoms with Crippen LogP contribution in [0, 0.1) is 5.92 Å². The molecule has 1 aromatic rings. The molecule has 0 atom stereocenters. The summed E-state index contributed by atoms with van der Waals surface area (Å²) < 4.78 is 5.17. The topological polar surface area (TPSA) is 52.9 Å². The molecule has 0 amide bonds. The quantitative estimate of drug-likeness (QED) is 0.853. The lowest BCUT2D eigenvalue weighted by Crippen LogP contribution is -2.34. The zero-order valence-electron chi connectivity index (χ0n) is 10.8. The number of ether oxygens (including phenoxy) is 1. The van der Waals surface area contributed by atoms with Crippen molar-refractivity contribution in [2.45, 2.75) is 19.4 Å². The molecule has 1 aliphatic heterocycles. The van der Waals surface area contributed by atoms with Crippen LogP contribution >= 0.6 is 0 Å². The summed E-state index contributed by atoms with van der Waals surface area (Å²) >= 11 is 0. The highest BCUT2D eigenvalue weighted by Crippen LogP contribution is 2.26. The Hall–Kier alpha value is -1.26. The zero-order chi connectivity index (χ0) is 13.0. The second kappa shape index (κ2) is 6.07. The van der Waals surface area contributed by atoms with Gasteiger partial charge in [-0.1, -0.05) is 0 Å². The number of hydrogen-bond donors (Lipinski definition) is 2. The minimum atomic E-state index is 0.290. The smallest absolute Gasteiger partial charge is 0.120 e. The number of aliphatic hydroxyl groups excluding tert-OH is 1. The fraction of sp³-hybridized carbons (Fsp3) is 0.571. The van der Waals surface area contributed by atoms with Crippen LogP contribution < -0.4 is 4.74 Å². The highest BCUT2D eigenvalue weighted by molar-refractivity contribution is 5.39. The number of phenolic OH excluding ortho intramolecular Hbond substituents is 1. The number of nitrogens with zero attached hydrogens (tertiary/aromatic N) is 1. The molecule has 1 fully saturated rings. The molecule has 1 aliphatic rings. The number of piperidine rings is 1. The summed E-state index contributed by atoms with van der Waals surface area (Å²) in [4.78, 5) is 2.31. The van der Waals surface area contributed by atoms with Crippen molar-refractivity contribution in [3.8, 4) is 11.5 Å². The first-order valence-corrected chi connectivity index (χ1v) is 6.42. The molecule has 0 aliphatic carbocycles. The van der Waals surface area contributed by atoms with Crippen LogP contribution in [0.15, 0.2) is 18.2 Å². The van der Waals surface area contributed by atoms with Gasteiger partial charge in [0.1, 0.15) is 11.5 Å². The Bertz CT molecular complexity index is 387. The molecule has 2 rings (SSSR count). The van der Waals surface area contributed by atoms with Crippen molar-refractivity contribution in [2.75, 3.05) is 26.8 Å². The maximum Gasteiger partial charge on any atom is 0.120 e. The minimum absolute atomic E-state index is 0.290. The Kier molecular flexibility index (Phi) is 4.44. The summed E-state index contributed by atoms with van der Waals surface area (Å²) in [5.41, 5.74) is 0.900. The van der Waals surface area contributed by atoms with E-state index in [0.717, 1.165) is 43.8 Å². The van der Waals surface area contributed by atoms with Gasteiger partial charge in [0.05, 0.1) is 7.11 Å². The fourth-order valence-corrected chi connectivity index (χ4v) is 2.38. The van der Waals surface area contributed by atoms with E-state index in [9.17, 15) is 5.11 Å². The van der Waals surface area contributed by atoms with Gasteiger partial charge in [-0.3, -0.25) is 4.90 Å². The zero-order valence-corrected chi connectivity index (χ0v) is 10.8. The van der Waals surface area contributed by atoms with Crippen molar-refractivity contribution in [2.24, 2.45) is 5.92 Å². The van der Waals surface area contributed by atoms with Crippen molar-refractivity contribution in [3.05, 3.63) is 23.8 Å². The van der Waals surface area contributed by atoms with Crippen LogP contribution in [-0.4, -0.2) is 41.9 Å². The Morgan fingerprint density at radius 3 is 2.67 bits per heavy atom. The molecule has 18 heavy (non-hydrogen) atoms. The van der Waals surface area contributed by atoms with Gasteiger partial charge in [-0.05, 0) is 50.0 Å². The number of methoxy groups -OCH3 is 1. The average Bonchev–Trinajstić information content (AvgIpc) is 2.42. The van der Waals surface area contributed by atoms with Crippen molar-refractivity contribution >= 4 is 0 Å². The summed E-state index contributed by atoms with van der Waals surface area (Å²) in [5.74, 6) is 1.54. The van der Waals surface area contributed by atoms with Gasteiger partial charge < -0.3 is 14.9 Å². The molecule has 4 nitrogen and oxygen atoms in total. The molecule has 0 spiro atoms. The third-order valence-corrected chi connectivity index (χ3v) is 3.65. The number of aromatic hydroxyl groups is 1. The van der Waals surface area contributed by atoms with Crippen LogP contribution in [0.5, 0.6) is 11.5 Å². The summed E-state index contributed by atoms with van der Waals surface area (Å²) in [5, 5.41) is 18.9. The summed E-state index contributed by atoms with van der Waals surface area (Å²) in [6.07, 6.45) is 2.06. The van der Waals surface area contributed by atoms with E-state index < -0.39 is 0 Å². The van der Waals surface area contributed by atoms with Crippen LogP contribution in [-0.2, 0) is 6.54 Å². The SMILES string of the molecule is COc1ccc(O)c(CN2CCC(CO)CC2)c1. The summed E-state index contributed by atoms with van der Waals surface area (Å²) in [6.45, 7) is 2.98. The fourth-order valence-electron chi connectivity index (χ4n) is 2.38. The molecule has 0 bridgehead atoms. The number of aliphatic hydroxyl groups is 1. The Labute approximate surface area is 108 Å². The summed E-state index contributed by atoms with van der Waals surface area (Å²) in [7, 11) is 1.63. The molecule has 0 radical (unpaired) electrons. The van der Waals surface area contributed by atoms with Crippen LogP contribution in [0.3, 0.4) is 0 Å². The lowest BCUT2D eigenvalue weighted by molar-refractivity contribution is 0.126. The molecule has 1 saturated heterocycles. The predicted molar refractivity (Wildman–Crippen MR) is 69.7 cm³/mol. The maximum absolute atomic E-state index is 9.84. The largest absolute Gasteiger partial charge is 0.508 e. The van der Waals surface area contributed by atoms with Gasteiger partial charge in [-0.2, -0.15) is 0 Å². The second-order valence-corrected chi connectivity index (χ2v) is 4.90. The molecule has 0 unspecified atom stereocenters. The molecule has 1 aromatic carbocycles. The molecule has 100 valence electrons. The Morgan fingerprint density at radius 2 is 2.06 bits per heavy atom. The predicted octanol–water partition coefficient (Wildman–Crippen LogP) is 1.61. The first kappa shape index (κ1) is 13.2. The van der Waals surface area contributed by atoms with E-state index in [-0.39, 0.29) is 6.61 Å². The van der Waals surface area contributed by atoms with E-state index in [1.807, 2.05) is 6.07 Å². The van der Waals surface area contributed by atoms with E-state index in [1.165, 1.54) is 0 Å². The van der Waals surface area contributed by atoms with Crippen LogP contribution in [0.1, 0.15) is 18.4 Å². The van der Waals surface area contributed by atoms with Crippen LogP contribution in [0.2, 0.25) is 0 Å². The molecule has 1 heterocycles. The highest BCUT2D eigenvalue weighted by atomic mass is 16.5. The van der Waals surface area contributed by atoms with Gasteiger partial charge in [-0.15, -0.1) is 0 Å². The van der Waals surface area contributed by atoms with Gasteiger partial charge >= 0.3 is 0 Å². The number of rotatable bonds is 4. The van der Waals surface area contributed by atoms with Crippen molar-refractivity contribution in [1.82, 2.24) is 4.90 Å². The first-order valence-electron chi connectivity index (χ1n) is 6.42. The number of likely N-dealkylation sites (tertiary alicyclic amines) is 1. The van der Waals surface area contributed by atoms with E-state index in [4.69, 9.17) is 9.84 Å². The van der Waals surface area contributed by atoms with Crippen molar-refractivity contribution < 1.29 is 14.9 Å². The van der Waals surface area contributed by atoms with Gasteiger partial charge in [-0.25, -0.2) is 0 Å². The maximum atomic E-state index is 9.84. The number of hydrogen-bond acceptors (Lipinski definition) is 4.